The van der Waals surface area contributed by atoms with Gasteiger partial charge < -0.3 is 14.7 Å². The molecule has 5 nitrogen and oxygen atoms in total. The molecule has 1 fully saturated rings. The molecule has 21 heavy (non-hydrogen) atoms. The Labute approximate surface area is 124 Å². The first-order chi connectivity index (χ1) is 10.0. The van der Waals surface area contributed by atoms with Crippen molar-refractivity contribution >= 4 is 11.9 Å². The monoisotopic (exact) mass is 291 g/mol. The van der Waals surface area contributed by atoms with Crippen LogP contribution in [0.5, 0.6) is 0 Å². The molecule has 2 unspecified atom stereocenters. The van der Waals surface area contributed by atoms with E-state index in [1.807, 2.05) is 13.0 Å². The van der Waals surface area contributed by atoms with Crippen LogP contribution in [-0.2, 0) is 16.0 Å². The molecule has 1 aromatic rings. The fourth-order valence-electron chi connectivity index (χ4n) is 2.68. The van der Waals surface area contributed by atoms with Crippen molar-refractivity contribution in [2.75, 3.05) is 20.2 Å². The second-order valence-corrected chi connectivity index (χ2v) is 5.44. The summed E-state index contributed by atoms with van der Waals surface area (Å²) in [6, 6.07) is 6.91. The zero-order chi connectivity index (χ0) is 15.4. The van der Waals surface area contributed by atoms with Crippen LogP contribution in [0.1, 0.15) is 29.3 Å². The maximum atomic E-state index is 12.3. The third-order valence-corrected chi connectivity index (χ3v) is 4.03. The summed E-state index contributed by atoms with van der Waals surface area (Å²) in [5.74, 6) is -0.935. The van der Waals surface area contributed by atoms with Gasteiger partial charge in [-0.3, -0.25) is 4.79 Å². The highest BCUT2D eigenvalue weighted by molar-refractivity contribution is 5.89. The summed E-state index contributed by atoms with van der Waals surface area (Å²) in [4.78, 5) is 25.2. The molecule has 1 heterocycles. The molecular formula is C16H21NO4. The number of rotatable bonds is 5. The van der Waals surface area contributed by atoms with Gasteiger partial charge in [0.1, 0.15) is 0 Å². The second-order valence-electron chi connectivity index (χ2n) is 5.44. The Morgan fingerprint density at radius 1 is 1.38 bits per heavy atom. The largest absolute Gasteiger partial charge is 0.478 e. The van der Waals surface area contributed by atoms with Gasteiger partial charge in [0.25, 0.3) is 0 Å². The van der Waals surface area contributed by atoms with Crippen LogP contribution < -0.4 is 0 Å². The molecule has 0 radical (unpaired) electrons. The van der Waals surface area contributed by atoms with E-state index in [0.717, 1.165) is 12.0 Å². The van der Waals surface area contributed by atoms with Gasteiger partial charge in [-0.2, -0.15) is 0 Å². The molecule has 0 spiro atoms. The molecule has 0 bridgehead atoms. The fourth-order valence-corrected chi connectivity index (χ4v) is 2.68. The Kier molecular flexibility index (Phi) is 4.96. The van der Waals surface area contributed by atoms with Crippen LogP contribution in [0.15, 0.2) is 24.3 Å². The number of hydrogen-bond donors (Lipinski definition) is 1. The standard InChI is InChI=1S/C16H21NO4/c1-11-13(8-10-21-11)15(18)17(2)9-7-12-5-3-4-6-14(12)16(19)20/h3-6,11,13H,7-10H2,1-2H3,(H,19,20). The number of ether oxygens (including phenoxy) is 1. The van der Waals surface area contributed by atoms with Gasteiger partial charge in [0.15, 0.2) is 0 Å². The summed E-state index contributed by atoms with van der Waals surface area (Å²) in [6.07, 6.45) is 1.26. The summed E-state index contributed by atoms with van der Waals surface area (Å²) < 4.78 is 5.42. The molecule has 1 aromatic carbocycles. The predicted octanol–water partition coefficient (Wildman–Crippen LogP) is 1.81. The Morgan fingerprint density at radius 3 is 2.71 bits per heavy atom. The van der Waals surface area contributed by atoms with Gasteiger partial charge in [0, 0.05) is 20.2 Å². The summed E-state index contributed by atoms with van der Waals surface area (Å²) in [5.41, 5.74) is 1.05. The number of hydrogen-bond acceptors (Lipinski definition) is 3. The lowest BCUT2D eigenvalue weighted by molar-refractivity contribution is -0.135. The Bertz CT molecular complexity index is 529. The summed E-state index contributed by atoms with van der Waals surface area (Å²) in [5, 5.41) is 9.15. The van der Waals surface area contributed by atoms with Crippen molar-refractivity contribution in [2.45, 2.75) is 25.9 Å². The zero-order valence-electron chi connectivity index (χ0n) is 12.4. The van der Waals surface area contributed by atoms with Gasteiger partial charge in [-0.25, -0.2) is 4.79 Å². The maximum Gasteiger partial charge on any atom is 0.335 e. The van der Waals surface area contributed by atoms with Crippen molar-refractivity contribution in [3.8, 4) is 0 Å². The third-order valence-electron chi connectivity index (χ3n) is 4.03. The van der Waals surface area contributed by atoms with Crippen LogP contribution in [0.3, 0.4) is 0 Å². The Morgan fingerprint density at radius 2 is 2.10 bits per heavy atom. The number of likely N-dealkylation sites (N-methyl/N-ethyl adjacent to an activating group) is 1. The van der Waals surface area contributed by atoms with E-state index < -0.39 is 5.97 Å². The number of carbonyl (C=O) groups is 2. The average molecular weight is 291 g/mol. The lowest BCUT2D eigenvalue weighted by Crippen LogP contribution is -2.37. The fraction of sp³-hybridized carbons (Fsp3) is 0.500. The van der Waals surface area contributed by atoms with Crippen LogP contribution in [-0.4, -0.2) is 48.2 Å². The minimum absolute atomic E-state index is 0.0359. The molecule has 0 saturated carbocycles. The van der Waals surface area contributed by atoms with Crippen molar-refractivity contribution in [3.63, 3.8) is 0 Å². The molecule has 2 rings (SSSR count). The zero-order valence-corrected chi connectivity index (χ0v) is 12.4. The summed E-state index contributed by atoms with van der Waals surface area (Å²) in [6.45, 7) is 3.06. The molecule has 2 atom stereocenters. The molecule has 114 valence electrons. The number of benzene rings is 1. The maximum absolute atomic E-state index is 12.3. The van der Waals surface area contributed by atoms with E-state index in [1.165, 1.54) is 0 Å². The molecule has 1 N–H and O–H groups in total. The van der Waals surface area contributed by atoms with E-state index in [2.05, 4.69) is 0 Å². The first-order valence-electron chi connectivity index (χ1n) is 7.18. The quantitative estimate of drug-likeness (QED) is 0.898. The number of carbonyl (C=O) groups excluding carboxylic acids is 1. The van der Waals surface area contributed by atoms with Crippen molar-refractivity contribution in [2.24, 2.45) is 5.92 Å². The SMILES string of the molecule is CC1OCCC1C(=O)N(C)CCc1ccccc1C(=O)O. The summed E-state index contributed by atoms with van der Waals surface area (Å²) in [7, 11) is 1.76. The van der Waals surface area contributed by atoms with Crippen LogP contribution in [0.4, 0.5) is 0 Å². The number of carboxylic acid groups (broad SMARTS) is 1. The minimum atomic E-state index is -0.933. The van der Waals surface area contributed by atoms with Gasteiger partial charge in [-0.1, -0.05) is 18.2 Å². The molecule has 1 amide bonds. The summed E-state index contributed by atoms with van der Waals surface area (Å²) >= 11 is 0. The van der Waals surface area contributed by atoms with Gasteiger partial charge >= 0.3 is 5.97 Å². The van der Waals surface area contributed by atoms with Crippen molar-refractivity contribution < 1.29 is 19.4 Å². The van der Waals surface area contributed by atoms with E-state index in [-0.39, 0.29) is 17.9 Å². The van der Waals surface area contributed by atoms with Gasteiger partial charge in [-0.05, 0) is 31.4 Å². The number of aromatic carboxylic acids is 1. The average Bonchev–Trinajstić information content (AvgIpc) is 2.90. The first-order valence-corrected chi connectivity index (χ1v) is 7.18. The van der Waals surface area contributed by atoms with Crippen LogP contribution in [0.2, 0.25) is 0 Å². The Hall–Kier alpha value is -1.88. The lowest BCUT2D eigenvalue weighted by atomic mass is 10.0. The lowest BCUT2D eigenvalue weighted by Gasteiger charge is -2.23. The van der Waals surface area contributed by atoms with Gasteiger partial charge in [0.2, 0.25) is 5.91 Å². The third kappa shape index (κ3) is 3.61. The highest BCUT2D eigenvalue weighted by Crippen LogP contribution is 2.22. The van der Waals surface area contributed by atoms with E-state index in [9.17, 15) is 9.59 Å². The Balaban J connectivity index is 1.96. The van der Waals surface area contributed by atoms with Crippen molar-refractivity contribution in [1.29, 1.82) is 0 Å². The highest BCUT2D eigenvalue weighted by Gasteiger charge is 2.32. The van der Waals surface area contributed by atoms with E-state index >= 15 is 0 Å². The topological polar surface area (TPSA) is 66.8 Å². The van der Waals surface area contributed by atoms with Crippen molar-refractivity contribution in [1.82, 2.24) is 4.90 Å². The number of nitrogens with zero attached hydrogens (tertiary/aromatic N) is 1. The smallest absolute Gasteiger partial charge is 0.335 e. The number of carboxylic acids is 1. The second kappa shape index (κ2) is 6.72. The molecule has 1 saturated heterocycles. The van der Waals surface area contributed by atoms with Crippen molar-refractivity contribution in [3.05, 3.63) is 35.4 Å². The normalized spacial score (nSPS) is 21.2. The van der Waals surface area contributed by atoms with E-state index in [4.69, 9.17) is 9.84 Å². The predicted molar refractivity (Wildman–Crippen MR) is 78.3 cm³/mol. The van der Waals surface area contributed by atoms with Gasteiger partial charge in [-0.15, -0.1) is 0 Å². The molecule has 5 heteroatoms. The first kappa shape index (κ1) is 15.5. The van der Waals surface area contributed by atoms with E-state index in [0.29, 0.717) is 25.1 Å². The molecule has 0 aromatic heterocycles. The molecule has 1 aliphatic heterocycles. The molecular weight excluding hydrogens is 270 g/mol. The van der Waals surface area contributed by atoms with E-state index in [1.54, 1.807) is 30.1 Å². The molecule has 0 aliphatic carbocycles. The van der Waals surface area contributed by atoms with Crippen LogP contribution in [0.25, 0.3) is 0 Å². The van der Waals surface area contributed by atoms with Gasteiger partial charge in [0.05, 0.1) is 17.6 Å². The molecule has 1 aliphatic rings. The minimum Gasteiger partial charge on any atom is -0.478 e. The van der Waals surface area contributed by atoms with Crippen LogP contribution >= 0.6 is 0 Å². The highest BCUT2D eigenvalue weighted by atomic mass is 16.5. The number of amides is 1. The van der Waals surface area contributed by atoms with Crippen LogP contribution in [0, 0.1) is 5.92 Å².